The van der Waals surface area contributed by atoms with Crippen molar-refractivity contribution in [1.82, 2.24) is 5.32 Å². The highest BCUT2D eigenvalue weighted by molar-refractivity contribution is 9.10. The molecular weight excluding hydrogens is 298 g/mol. The molecule has 0 aromatic heterocycles. The number of halogens is 1. The second-order valence-electron chi connectivity index (χ2n) is 4.82. The fraction of sp³-hybridized carbons (Fsp3) is 0.462. The summed E-state index contributed by atoms with van der Waals surface area (Å²) in [5.74, 6) is -0.305. The second-order valence-corrected chi connectivity index (χ2v) is 5.73. The largest absolute Gasteiger partial charge is 0.507 e. The monoisotopic (exact) mass is 313 g/mol. The second kappa shape index (κ2) is 5.28. The molecule has 1 aromatic carbocycles. The van der Waals surface area contributed by atoms with Gasteiger partial charge in [-0.1, -0.05) is 15.9 Å². The van der Waals surface area contributed by atoms with Gasteiger partial charge in [-0.05, 0) is 42.9 Å². The molecule has 4 nitrogen and oxygen atoms in total. The molecule has 1 aromatic rings. The summed E-state index contributed by atoms with van der Waals surface area (Å²) in [6.45, 7) is 0.705. The maximum absolute atomic E-state index is 11.9. The van der Waals surface area contributed by atoms with E-state index >= 15 is 0 Å². The van der Waals surface area contributed by atoms with Gasteiger partial charge in [0.25, 0.3) is 5.91 Å². The van der Waals surface area contributed by atoms with E-state index in [0.29, 0.717) is 6.54 Å². The van der Waals surface area contributed by atoms with E-state index in [2.05, 4.69) is 21.2 Å². The highest BCUT2D eigenvalue weighted by Gasteiger charge is 2.41. The number of carbonyl (C=O) groups is 1. The van der Waals surface area contributed by atoms with Crippen LogP contribution in [0.25, 0.3) is 0 Å². The predicted octanol–water partition coefficient (Wildman–Crippen LogP) is 2.05. The summed E-state index contributed by atoms with van der Waals surface area (Å²) in [6, 6.07) is 4.76. The van der Waals surface area contributed by atoms with Crippen molar-refractivity contribution in [1.29, 1.82) is 0 Å². The van der Waals surface area contributed by atoms with Crippen molar-refractivity contribution < 1.29 is 15.0 Å². The summed E-state index contributed by atoms with van der Waals surface area (Å²) >= 11 is 3.27. The molecule has 2 rings (SSSR count). The van der Waals surface area contributed by atoms with E-state index in [1.807, 2.05) is 0 Å². The first-order chi connectivity index (χ1) is 8.56. The molecule has 1 saturated carbocycles. The molecule has 0 bridgehead atoms. The Balaban J connectivity index is 1.98. The molecule has 1 fully saturated rings. The number of aromatic hydroxyl groups is 1. The number of aliphatic hydroxyl groups excluding tert-OH is 1. The Labute approximate surface area is 114 Å². The zero-order chi connectivity index (χ0) is 13.2. The van der Waals surface area contributed by atoms with Crippen molar-refractivity contribution in [2.75, 3.05) is 13.2 Å². The van der Waals surface area contributed by atoms with Gasteiger partial charge >= 0.3 is 0 Å². The van der Waals surface area contributed by atoms with Gasteiger partial charge in [0.1, 0.15) is 5.75 Å². The highest BCUT2D eigenvalue weighted by atomic mass is 79.9. The van der Waals surface area contributed by atoms with Crippen molar-refractivity contribution in [3.8, 4) is 5.75 Å². The fourth-order valence-electron chi connectivity index (χ4n) is 1.98. The fourth-order valence-corrected chi connectivity index (χ4v) is 2.34. The molecule has 0 unspecified atom stereocenters. The lowest BCUT2D eigenvalue weighted by Gasteiger charge is -2.15. The van der Waals surface area contributed by atoms with Crippen molar-refractivity contribution in [3.63, 3.8) is 0 Å². The first-order valence-electron chi connectivity index (χ1n) is 5.94. The van der Waals surface area contributed by atoms with E-state index in [-0.39, 0.29) is 29.2 Å². The number of amides is 1. The van der Waals surface area contributed by atoms with Crippen LogP contribution >= 0.6 is 15.9 Å². The van der Waals surface area contributed by atoms with Gasteiger partial charge in [0.15, 0.2) is 0 Å². The van der Waals surface area contributed by atoms with Crippen molar-refractivity contribution in [2.24, 2.45) is 5.41 Å². The third-order valence-electron chi connectivity index (χ3n) is 3.43. The Morgan fingerprint density at radius 2 is 2.17 bits per heavy atom. The molecule has 0 heterocycles. The van der Waals surface area contributed by atoms with E-state index in [9.17, 15) is 9.90 Å². The minimum Gasteiger partial charge on any atom is -0.507 e. The first-order valence-corrected chi connectivity index (χ1v) is 6.73. The van der Waals surface area contributed by atoms with Crippen molar-refractivity contribution in [3.05, 3.63) is 28.2 Å². The summed E-state index contributed by atoms with van der Waals surface area (Å²) in [7, 11) is 0. The molecule has 1 aliphatic rings. The minimum atomic E-state index is -0.280. The minimum absolute atomic E-state index is 0.0253. The van der Waals surface area contributed by atoms with Crippen LogP contribution in [0.15, 0.2) is 22.7 Å². The molecule has 0 saturated heterocycles. The first kappa shape index (κ1) is 13.4. The van der Waals surface area contributed by atoms with Crippen LogP contribution in [0.5, 0.6) is 5.75 Å². The lowest BCUT2D eigenvalue weighted by molar-refractivity contribution is 0.0938. The molecule has 98 valence electrons. The molecule has 1 aliphatic carbocycles. The van der Waals surface area contributed by atoms with Crippen LogP contribution in [0, 0.1) is 5.41 Å². The Morgan fingerprint density at radius 1 is 1.44 bits per heavy atom. The third-order valence-corrected chi connectivity index (χ3v) is 3.92. The SMILES string of the molecule is O=C(NCC1(CCO)CC1)c1cc(Br)ccc1O. The number of phenolic OH excluding ortho intramolecular Hbond substituents is 1. The maximum Gasteiger partial charge on any atom is 0.255 e. The third kappa shape index (κ3) is 3.03. The Morgan fingerprint density at radius 3 is 2.78 bits per heavy atom. The smallest absolute Gasteiger partial charge is 0.255 e. The van der Waals surface area contributed by atoms with Crippen molar-refractivity contribution >= 4 is 21.8 Å². The van der Waals surface area contributed by atoms with Gasteiger partial charge in [0, 0.05) is 17.6 Å². The molecule has 1 amide bonds. The van der Waals surface area contributed by atoms with E-state index in [1.54, 1.807) is 12.1 Å². The van der Waals surface area contributed by atoms with Crippen LogP contribution in [0.1, 0.15) is 29.6 Å². The number of carbonyl (C=O) groups excluding carboxylic acids is 1. The topological polar surface area (TPSA) is 69.6 Å². The molecule has 0 aliphatic heterocycles. The summed E-state index contributed by atoms with van der Waals surface area (Å²) in [4.78, 5) is 11.9. The van der Waals surface area contributed by atoms with E-state index in [4.69, 9.17) is 5.11 Å². The van der Waals surface area contributed by atoms with E-state index in [0.717, 1.165) is 23.7 Å². The van der Waals surface area contributed by atoms with Crippen LogP contribution in [-0.4, -0.2) is 29.3 Å². The number of nitrogens with one attached hydrogen (secondary N) is 1. The van der Waals surface area contributed by atoms with Gasteiger partial charge in [-0.25, -0.2) is 0 Å². The molecule has 3 N–H and O–H groups in total. The summed E-state index contributed by atoms with van der Waals surface area (Å²) < 4.78 is 0.752. The average Bonchev–Trinajstić information content (AvgIpc) is 3.10. The van der Waals surface area contributed by atoms with Gasteiger partial charge < -0.3 is 15.5 Å². The summed E-state index contributed by atoms with van der Waals surface area (Å²) in [5, 5.41) is 21.4. The number of aliphatic hydroxyl groups is 1. The quantitative estimate of drug-likeness (QED) is 0.779. The van der Waals surface area contributed by atoms with Gasteiger partial charge in [-0.15, -0.1) is 0 Å². The predicted molar refractivity (Wildman–Crippen MR) is 71.5 cm³/mol. The van der Waals surface area contributed by atoms with Crippen LogP contribution < -0.4 is 5.32 Å². The van der Waals surface area contributed by atoms with Crippen LogP contribution in [-0.2, 0) is 0 Å². The van der Waals surface area contributed by atoms with Gasteiger partial charge in [-0.3, -0.25) is 4.79 Å². The summed E-state index contributed by atoms with van der Waals surface area (Å²) in [5.41, 5.74) is 0.343. The van der Waals surface area contributed by atoms with Gasteiger partial charge in [0.2, 0.25) is 0 Å². The zero-order valence-electron chi connectivity index (χ0n) is 9.95. The highest BCUT2D eigenvalue weighted by Crippen LogP contribution is 2.47. The van der Waals surface area contributed by atoms with Crippen LogP contribution in [0.3, 0.4) is 0 Å². The molecular formula is C13H16BrNO3. The lowest BCUT2D eigenvalue weighted by atomic mass is 10.0. The lowest BCUT2D eigenvalue weighted by Crippen LogP contribution is -2.30. The average molecular weight is 314 g/mol. The number of rotatable bonds is 5. The molecule has 0 atom stereocenters. The number of hydrogen-bond acceptors (Lipinski definition) is 3. The number of hydrogen-bond donors (Lipinski definition) is 3. The molecule has 0 spiro atoms. The molecule has 0 radical (unpaired) electrons. The van der Waals surface area contributed by atoms with E-state index < -0.39 is 0 Å². The van der Waals surface area contributed by atoms with Crippen molar-refractivity contribution in [2.45, 2.75) is 19.3 Å². The van der Waals surface area contributed by atoms with Gasteiger partial charge in [0.05, 0.1) is 5.56 Å². The molecule has 5 heteroatoms. The number of benzene rings is 1. The Bertz CT molecular complexity index is 458. The normalized spacial score (nSPS) is 16.3. The number of phenols is 1. The van der Waals surface area contributed by atoms with Gasteiger partial charge in [-0.2, -0.15) is 0 Å². The van der Waals surface area contributed by atoms with E-state index in [1.165, 1.54) is 6.07 Å². The molecule has 18 heavy (non-hydrogen) atoms. The standard InChI is InChI=1S/C13H16BrNO3/c14-9-1-2-11(17)10(7-9)12(18)15-8-13(3-4-13)5-6-16/h1-2,7,16-17H,3-6,8H2,(H,15,18). The van der Waals surface area contributed by atoms with Crippen LogP contribution in [0.2, 0.25) is 0 Å². The zero-order valence-corrected chi connectivity index (χ0v) is 11.5. The summed E-state index contributed by atoms with van der Waals surface area (Å²) in [6.07, 6.45) is 2.80. The van der Waals surface area contributed by atoms with Crippen LogP contribution in [0.4, 0.5) is 0 Å². The maximum atomic E-state index is 11.9. The Kier molecular flexibility index (Phi) is 3.92. The Hall–Kier alpha value is -1.07.